The number of halogens is 2. The van der Waals surface area contributed by atoms with E-state index >= 15 is 0 Å². The largest absolute Gasteiger partial charge is 0.340 e. The van der Waals surface area contributed by atoms with E-state index in [2.05, 4.69) is 10.00 Å². The fourth-order valence-corrected chi connectivity index (χ4v) is 4.46. The normalized spacial score (nSPS) is 15.6. The summed E-state index contributed by atoms with van der Waals surface area (Å²) in [6, 6.07) is 5.32. The molecule has 7 nitrogen and oxygen atoms in total. The molecule has 0 N–H and O–H groups in total. The Morgan fingerprint density at radius 2 is 1.77 bits per heavy atom. The highest BCUT2D eigenvalue weighted by Crippen LogP contribution is 2.26. The van der Waals surface area contributed by atoms with Crippen LogP contribution >= 0.6 is 23.2 Å². The van der Waals surface area contributed by atoms with Crippen molar-refractivity contribution < 1.29 is 13.2 Å². The molecular weight excluding hydrogens is 447 g/mol. The zero-order valence-electron chi connectivity index (χ0n) is 17.4. The van der Waals surface area contributed by atoms with Gasteiger partial charge in [0.05, 0.1) is 33.6 Å². The monoisotopic (exact) mass is 472 g/mol. The lowest BCUT2D eigenvalue weighted by Gasteiger charge is -2.34. The summed E-state index contributed by atoms with van der Waals surface area (Å²) in [5.41, 5.74) is 3.40. The number of hydrogen-bond acceptors (Lipinski definition) is 5. The first-order valence-corrected chi connectivity index (χ1v) is 12.5. The molecule has 0 spiro atoms. The third-order valence-electron chi connectivity index (χ3n) is 5.42. The van der Waals surface area contributed by atoms with E-state index in [-0.39, 0.29) is 18.1 Å². The first-order valence-electron chi connectivity index (χ1n) is 9.73. The van der Waals surface area contributed by atoms with Gasteiger partial charge < -0.3 is 4.90 Å². The van der Waals surface area contributed by atoms with Gasteiger partial charge in [-0.05, 0) is 32.0 Å². The predicted molar refractivity (Wildman–Crippen MR) is 119 cm³/mol. The van der Waals surface area contributed by atoms with Crippen molar-refractivity contribution in [2.24, 2.45) is 0 Å². The van der Waals surface area contributed by atoms with Crippen LogP contribution in [0.5, 0.6) is 0 Å². The summed E-state index contributed by atoms with van der Waals surface area (Å²) < 4.78 is 24.5. The summed E-state index contributed by atoms with van der Waals surface area (Å²) in [6.45, 7) is 6.91. The van der Waals surface area contributed by atoms with Gasteiger partial charge in [-0.2, -0.15) is 5.10 Å². The summed E-state index contributed by atoms with van der Waals surface area (Å²) in [4.78, 5) is 16.8. The number of aryl methyl sites for hydroxylation is 1. The second kappa shape index (κ2) is 9.26. The molecule has 2 aromatic rings. The Morgan fingerprint density at radius 3 is 2.37 bits per heavy atom. The van der Waals surface area contributed by atoms with Gasteiger partial charge in [-0.1, -0.05) is 23.2 Å². The zero-order chi connectivity index (χ0) is 22.1. The molecule has 0 aliphatic carbocycles. The van der Waals surface area contributed by atoms with Crippen molar-refractivity contribution in [2.75, 3.05) is 44.7 Å². The summed E-state index contributed by atoms with van der Waals surface area (Å²) >= 11 is 12.1. The smallest absolute Gasteiger partial charge is 0.227 e. The number of benzene rings is 1. The molecule has 10 heteroatoms. The van der Waals surface area contributed by atoms with Gasteiger partial charge in [0, 0.05) is 50.2 Å². The van der Waals surface area contributed by atoms with Gasteiger partial charge in [-0.15, -0.1) is 0 Å². The molecule has 1 aliphatic rings. The molecule has 1 fully saturated rings. The Kier molecular flexibility index (Phi) is 7.12. The molecule has 0 saturated carbocycles. The van der Waals surface area contributed by atoms with E-state index in [1.165, 1.54) is 6.26 Å². The average Bonchev–Trinajstić information content (AvgIpc) is 2.96. The number of rotatable bonds is 6. The highest BCUT2D eigenvalue weighted by Gasteiger charge is 2.24. The number of piperazine rings is 1. The van der Waals surface area contributed by atoms with Crippen LogP contribution in [0.25, 0.3) is 5.69 Å². The summed E-state index contributed by atoms with van der Waals surface area (Å²) in [7, 11) is -2.98. The maximum absolute atomic E-state index is 12.9. The third kappa shape index (κ3) is 5.55. The van der Waals surface area contributed by atoms with Crippen molar-refractivity contribution in [3.8, 4) is 5.69 Å². The van der Waals surface area contributed by atoms with Crippen LogP contribution in [0.15, 0.2) is 18.2 Å². The van der Waals surface area contributed by atoms with Crippen LogP contribution in [0.3, 0.4) is 0 Å². The molecule has 164 valence electrons. The van der Waals surface area contributed by atoms with Crippen LogP contribution in [0.1, 0.15) is 17.0 Å². The number of sulfone groups is 1. The molecule has 1 aromatic carbocycles. The molecule has 3 rings (SSSR count). The molecule has 0 radical (unpaired) electrons. The van der Waals surface area contributed by atoms with Gasteiger partial charge in [-0.25, -0.2) is 13.1 Å². The minimum atomic E-state index is -2.98. The lowest BCUT2D eigenvalue weighted by molar-refractivity contribution is -0.132. The predicted octanol–water partition coefficient (Wildman–Crippen LogP) is 2.53. The Bertz CT molecular complexity index is 1040. The third-order valence-corrected chi connectivity index (χ3v) is 7.08. The summed E-state index contributed by atoms with van der Waals surface area (Å²) in [5.74, 6) is 0.199. The Hall–Kier alpha value is -1.61. The van der Waals surface area contributed by atoms with E-state index in [9.17, 15) is 13.2 Å². The van der Waals surface area contributed by atoms with Crippen molar-refractivity contribution >= 4 is 38.9 Å². The van der Waals surface area contributed by atoms with Gasteiger partial charge >= 0.3 is 0 Å². The van der Waals surface area contributed by atoms with Crippen molar-refractivity contribution in [3.63, 3.8) is 0 Å². The second-order valence-corrected chi connectivity index (χ2v) is 10.8. The topological polar surface area (TPSA) is 75.5 Å². The number of amides is 1. The number of hydrogen-bond donors (Lipinski definition) is 0. The SMILES string of the molecule is Cc1nn(-c2ccc(Cl)c(Cl)c2)c(C)c1CC(=O)N1CCN(CCS(C)(=O)=O)CC1. The van der Waals surface area contributed by atoms with Crippen LogP contribution in [0, 0.1) is 13.8 Å². The highest BCUT2D eigenvalue weighted by atomic mass is 35.5. The first kappa shape index (κ1) is 23.1. The highest BCUT2D eigenvalue weighted by molar-refractivity contribution is 7.90. The molecule has 0 atom stereocenters. The molecule has 1 saturated heterocycles. The molecule has 1 aliphatic heterocycles. The molecule has 1 aromatic heterocycles. The maximum atomic E-state index is 12.9. The molecular formula is C20H26Cl2N4O3S. The van der Waals surface area contributed by atoms with Crippen LogP contribution in [-0.4, -0.2) is 78.6 Å². The Labute approximate surface area is 187 Å². The van der Waals surface area contributed by atoms with Gasteiger partial charge in [0.25, 0.3) is 0 Å². The van der Waals surface area contributed by atoms with Crippen molar-refractivity contribution in [1.82, 2.24) is 19.6 Å². The molecule has 1 amide bonds. The fourth-order valence-electron chi connectivity index (χ4n) is 3.58. The van der Waals surface area contributed by atoms with Gasteiger partial charge in [0.15, 0.2) is 0 Å². The molecule has 0 unspecified atom stereocenters. The maximum Gasteiger partial charge on any atom is 0.227 e. The zero-order valence-corrected chi connectivity index (χ0v) is 19.7. The summed E-state index contributed by atoms with van der Waals surface area (Å²) in [5, 5.41) is 5.52. The number of carbonyl (C=O) groups excluding carboxylic acids is 1. The molecule has 2 heterocycles. The van der Waals surface area contributed by atoms with E-state index in [1.54, 1.807) is 16.8 Å². The summed E-state index contributed by atoms with van der Waals surface area (Å²) in [6.07, 6.45) is 1.53. The van der Waals surface area contributed by atoms with E-state index in [4.69, 9.17) is 23.2 Å². The molecule has 0 bridgehead atoms. The van der Waals surface area contributed by atoms with E-state index in [0.29, 0.717) is 42.8 Å². The second-order valence-electron chi connectivity index (χ2n) is 7.69. The van der Waals surface area contributed by atoms with Crippen LogP contribution in [0.2, 0.25) is 10.0 Å². The van der Waals surface area contributed by atoms with Crippen molar-refractivity contribution in [1.29, 1.82) is 0 Å². The fraction of sp³-hybridized carbons (Fsp3) is 0.500. The minimum Gasteiger partial charge on any atom is -0.340 e. The quantitative estimate of drug-likeness (QED) is 0.645. The first-order chi connectivity index (χ1) is 14.0. The average molecular weight is 473 g/mol. The van der Waals surface area contributed by atoms with E-state index < -0.39 is 9.84 Å². The molecule has 30 heavy (non-hydrogen) atoms. The van der Waals surface area contributed by atoms with Crippen LogP contribution in [0.4, 0.5) is 0 Å². The lowest BCUT2D eigenvalue weighted by Crippen LogP contribution is -2.50. The standard InChI is InChI=1S/C20H26Cl2N4O3S/c1-14-17(15(2)26(23-14)16-4-5-18(21)19(22)12-16)13-20(27)25-8-6-24(7-9-25)10-11-30(3,28)29/h4-5,12H,6-11,13H2,1-3H3. The van der Waals surface area contributed by atoms with E-state index in [1.807, 2.05) is 24.8 Å². The number of nitrogens with zero attached hydrogens (tertiary/aromatic N) is 4. The van der Waals surface area contributed by atoms with Gasteiger partial charge in [0.1, 0.15) is 9.84 Å². The lowest BCUT2D eigenvalue weighted by atomic mass is 10.1. The number of aromatic nitrogens is 2. The van der Waals surface area contributed by atoms with E-state index in [0.717, 1.165) is 22.6 Å². The van der Waals surface area contributed by atoms with Crippen molar-refractivity contribution in [2.45, 2.75) is 20.3 Å². The number of carbonyl (C=O) groups is 1. The minimum absolute atomic E-state index is 0.0534. The van der Waals surface area contributed by atoms with Gasteiger partial charge in [0.2, 0.25) is 5.91 Å². The van der Waals surface area contributed by atoms with Crippen LogP contribution < -0.4 is 0 Å². The Morgan fingerprint density at radius 1 is 1.10 bits per heavy atom. The van der Waals surface area contributed by atoms with Crippen LogP contribution in [-0.2, 0) is 21.1 Å². The Balaban J connectivity index is 1.65. The van der Waals surface area contributed by atoms with Crippen molar-refractivity contribution in [3.05, 3.63) is 45.2 Å². The van der Waals surface area contributed by atoms with Gasteiger partial charge in [-0.3, -0.25) is 9.69 Å².